The largest absolute Gasteiger partial charge is 0.338 e. The van der Waals surface area contributed by atoms with Gasteiger partial charge in [-0.1, -0.05) is 17.3 Å². The zero-order valence-electron chi connectivity index (χ0n) is 9.91. The van der Waals surface area contributed by atoms with Crippen molar-refractivity contribution >= 4 is 25.8 Å². The van der Waals surface area contributed by atoms with Crippen LogP contribution in [-0.2, 0) is 15.6 Å². The fourth-order valence-corrected chi connectivity index (χ4v) is 4.04. The molecule has 0 amide bonds. The molecule has 1 aromatic carbocycles. The standard InChI is InChI=1S/C12H11BrN2O3S/c13-9-3-1-2-4-10(9)19(16,17)7-11-14-12(15-18-11)8-5-6-8/h1-4,8H,5-7H2. The number of rotatable bonds is 4. The average Bonchev–Trinajstić information content (AvgIpc) is 3.11. The normalized spacial score (nSPS) is 15.6. The number of hydrogen-bond donors (Lipinski definition) is 0. The van der Waals surface area contributed by atoms with E-state index in [2.05, 4.69) is 26.1 Å². The summed E-state index contributed by atoms with van der Waals surface area (Å²) in [5, 5.41) is 3.82. The zero-order chi connectivity index (χ0) is 13.5. The average molecular weight is 343 g/mol. The molecule has 0 radical (unpaired) electrons. The minimum atomic E-state index is -3.48. The van der Waals surface area contributed by atoms with Crippen molar-refractivity contribution in [3.8, 4) is 0 Å². The number of sulfone groups is 1. The Morgan fingerprint density at radius 3 is 2.74 bits per heavy atom. The van der Waals surface area contributed by atoms with Crippen LogP contribution in [0.25, 0.3) is 0 Å². The van der Waals surface area contributed by atoms with Crippen LogP contribution in [0.3, 0.4) is 0 Å². The summed E-state index contributed by atoms with van der Waals surface area (Å²) in [7, 11) is -3.48. The van der Waals surface area contributed by atoms with Crippen LogP contribution < -0.4 is 0 Å². The molecule has 1 fully saturated rings. The lowest BCUT2D eigenvalue weighted by Crippen LogP contribution is -2.06. The smallest absolute Gasteiger partial charge is 0.242 e. The van der Waals surface area contributed by atoms with Gasteiger partial charge < -0.3 is 4.52 Å². The van der Waals surface area contributed by atoms with Gasteiger partial charge in [-0.15, -0.1) is 0 Å². The van der Waals surface area contributed by atoms with Crippen molar-refractivity contribution < 1.29 is 12.9 Å². The Labute approximate surface area is 119 Å². The summed E-state index contributed by atoms with van der Waals surface area (Å²) in [6, 6.07) is 6.69. The minimum Gasteiger partial charge on any atom is -0.338 e. The molecule has 3 rings (SSSR count). The highest BCUT2D eigenvalue weighted by Gasteiger charge is 2.30. The van der Waals surface area contributed by atoms with E-state index >= 15 is 0 Å². The van der Waals surface area contributed by atoms with Crippen LogP contribution in [-0.4, -0.2) is 18.6 Å². The number of aromatic nitrogens is 2. The molecule has 0 unspecified atom stereocenters. The molecule has 0 atom stereocenters. The molecular weight excluding hydrogens is 332 g/mol. The second-order valence-corrected chi connectivity index (χ2v) is 7.32. The molecule has 7 heteroatoms. The fraction of sp³-hybridized carbons (Fsp3) is 0.333. The van der Waals surface area contributed by atoms with Gasteiger partial charge in [0.15, 0.2) is 15.7 Å². The van der Waals surface area contributed by atoms with Gasteiger partial charge in [0.05, 0.1) is 4.90 Å². The molecule has 1 aliphatic rings. The molecule has 0 saturated heterocycles. The zero-order valence-corrected chi connectivity index (χ0v) is 12.3. The van der Waals surface area contributed by atoms with E-state index in [4.69, 9.17) is 4.52 Å². The highest BCUT2D eigenvalue weighted by Crippen LogP contribution is 2.38. The topological polar surface area (TPSA) is 73.1 Å². The number of hydrogen-bond acceptors (Lipinski definition) is 5. The lowest BCUT2D eigenvalue weighted by Gasteiger charge is -2.03. The van der Waals surface area contributed by atoms with Crippen LogP contribution in [0.5, 0.6) is 0 Å². The summed E-state index contributed by atoms with van der Waals surface area (Å²) in [6.07, 6.45) is 2.10. The molecule has 0 spiro atoms. The van der Waals surface area contributed by atoms with E-state index in [1.807, 2.05) is 0 Å². The Hall–Kier alpha value is -1.21. The summed E-state index contributed by atoms with van der Waals surface area (Å²) in [5.74, 6) is 0.855. The maximum Gasteiger partial charge on any atom is 0.242 e. The third-order valence-electron chi connectivity index (χ3n) is 2.91. The Morgan fingerprint density at radius 1 is 1.32 bits per heavy atom. The lowest BCUT2D eigenvalue weighted by atomic mass is 10.4. The number of benzene rings is 1. The van der Waals surface area contributed by atoms with Crippen LogP contribution in [0.15, 0.2) is 38.2 Å². The summed E-state index contributed by atoms with van der Waals surface area (Å²) in [6.45, 7) is 0. The molecule has 1 aliphatic carbocycles. The van der Waals surface area contributed by atoms with Crippen LogP contribution >= 0.6 is 15.9 Å². The molecule has 1 heterocycles. The van der Waals surface area contributed by atoms with E-state index in [0.717, 1.165) is 12.8 Å². The van der Waals surface area contributed by atoms with Crippen LogP contribution in [0.1, 0.15) is 30.5 Å². The van der Waals surface area contributed by atoms with Crippen molar-refractivity contribution in [2.24, 2.45) is 0 Å². The fourth-order valence-electron chi connectivity index (χ4n) is 1.77. The van der Waals surface area contributed by atoms with Crippen molar-refractivity contribution in [3.63, 3.8) is 0 Å². The first kappa shape index (κ1) is 12.8. The second kappa shape index (κ2) is 4.72. The van der Waals surface area contributed by atoms with Gasteiger partial charge in [0, 0.05) is 10.4 Å². The molecule has 2 aromatic rings. The Morgan fingerprint density at radius 2 is 2.05 bits per heavy atom. The van der Waals surface area contributed by atoms with Gasteiger partial charge >= 0.3 is 0 Å². The van der Waals surface area contributed by atoms with Gasteiger partial charge in [-0.3, -0.25) is 0 Å². The SMILES string of the molecule is O=S(=O)(Cc1nc(C2CC2)no1)c1ccccc1Br. The first-order valence-electron chi connectivity index (χ1n) is 5.86. The minimum absolute atomic E-state index is 0.151. The highest BCUT2D eigenvalue weighted by atomic mass is 79.9. The maximum atomic E-state index is 12.3. The first-order valence-corrected chi connectivity index (χ1v) is 8.30. The van der Waals surface area contributed by atoms with Gasteiger partial charge in [0.25, 0.3) is 0 Å². The monoisotopic (exact) mass is 342 g/mol. The lowest BCUT2D eigenvalue weighted by molar-refractivity contribution is 0.383. The third kappa shape index (κ3) is 2.71. The van der Waals surface area contributed by atoms with Gasteiger partial charge in [-0.25, -0.2) is 8.42 Å². The molecule has 1 aromatic heterocycles. The molecule has 1 saturated carbocycles. The van der Waals surface area contributed by atoms with Crippen molar-refractivity contribution in [1.82, 2.24) is 10.1 Å². The second-order valence-electron chi connectivity index (χ2n) is 4.51. The van der Waals surface area contributed by atoms with Crippen molar-refractivity contribution in [2.75, 3.05) is 0 Å². The maximum absolute atomic E-state index is 12.3. The van der Waals surface area contributed by atoms with Gasteiger partial charge in [-0.05, 0) is 40.9 Å². The quantitative estimate of drug-likeness (QED) is 0.853. The van der Waals surface area contributed by atoms with E-state index in [1.54, 1.807) is 24.3 Å². The van der Waals surface area contributed by atoms with Gasteiger partial charge in [0.2, 0.25) is 5.89 Å². The van der Waals surface area contributed by atoms with E-state index in [-0.39, 0.29) is 16.5 Å². The highest BCUT2D eigenvalue weighted by molar-refractivity contribution is 9.10. The summed E-state index contributed by atoms with van der Waals surface area (Å²) in [5.41, 5.74) is 0. The molecule has 19 heavy (non-hydrogen) atoms. The van der Waals surface area contributed by atoms with E-state index < -0.39 is 9.84 Å². The predicted octanol–water partition coefficient (Wildman–Crippen LogP) is 2.68. The van der Waals surface area contributed by atoms with Crippen molar-refractivity contribution in [2.45, 2.75) is 29.4 Å². The van der Waals surface area contributed by atoms with Crippen molar-refractivity contribution in [1.29, 1.82) is 0 Å². The summed E-state index contributed by atoms with van der Waals surface area (Å²) >= 11 is 3.24. The van der Waals surface area contributed by atoms with Crippen molar-refractivity contribution in [3.05, 3.63) is 40.5 Å². The van der Waals surface area contributed by atoms with Gasteiger partial charge in [0.1, 0.15) is 5.75 Å². The van der Waals surface area contributed by atoms with E-state index in [9.17, 15) is 8.42 Å². The number of nitrogens with zero attached hydrogens (tertiary/aromatic N) is 2. The molecule has 0 N–H and O–H groups in total. The summed E-state index contributed by atoms with van der Waals surface area (Å²) in [4.78, 5) is 4.38. The summed E-state index contributed by atoms with van der Waals surface area (Å²) < 4.78 is 30.1. The molecule has 5 nitrogen and oxygen atoms in total. The Bertz CT molecular complexity index is 707. The third-order valence-corrected chi connectivity index (χ3v) is 5.52. The first-order chi connectivity index (χ1) is 9.06. The van der Waals surface area contributed by atoms with E-state index in [0.29, 0.717) is 16.2 Å². The number of halogens is 1. The molecular formula is C12H11BrN2O3S. The Balaban J connectivity index is 1.86. The molecule has 0 bridgehead atoms. The Kier molecular flexibility index (Phi) is 3.18. The molecule has 0 aliphatic heterocycles. The molecule has 100 valence electrons. The van der Waals surface area contributed by atoms with Crippen LogP contribution in [0, 0.1) is 0 Å². The predicted molar refractivity (Wildman–Crippen MR) is 71.3 cm³/mol. The van der Waals surface area contributed by atoms with E-state index in [1.165, 1.54) is 0 Å². The van der Waals surface area contributed by atoms with Gasteiger partial charge in [-0.2, -0.15) is 4.98 Å². The van der Waals surface area contributed by atoms with Crippen LogP contribution in [0.4, 0.5) is 0 Å². The van der Waals surface area contributed by atoms with Crippen LogP contribution in [0.2, 0.25) is 0 Å².